The van der Waals surface area contributed by atoms with Gasteiger partial charge in [-0.25, -0.2) is 0 Å². The molecule has 0 saturated carbocycles. The smallest absolute Gasteiger partial charge is 0.271 e. The number of carbonyl (C=O) groups excluding carboxylic acids is 2. The average molecular weight is 468 g/mol. The Kier molecular flexibility index (Phi) is 5.81. The van der Waals surface area contributed by atoms with Gasteiger partial charge in [-0.1, -0.05) is 66.2 Å². The molecule has 0 saturated heterocycles. The molecule has 35 heavy (non-hydrogen) atoms. The first-order chi connectivity index (χ1) is 16.9. The minimum atomic E-state index is -1.09. The maximum absolute atomic E-state index is 13.9. The number of para-hydroxylation sites is 2. The zero-order valence-electron chi connectivity index (χ0n) is 20.2. The summed E-state index contributed by atoms with van der Waals surface area (Å²) in [6, 6.07) is 25.5. The molecule has 0 fully saturated rings. The van der Waals surface area contributed by atoms with Crippen molar-refractivity contribution in [2.75, 3.05) is 7.11 Å². The molecule has 1 aliphatic rings. The first-order valence-corrected chi connectivity index (χ1v) is 11.8. The summed E-state index contributed by atoms with van der Waals surface area (Å²) in [5.74, 6) is 0.365. The summed E-state index contributed by atoms with van der Waals surface area (Å²) in [5, 5.41) is 4.07. The van der Waals surface area contributed by atoms with Gasteiger partial charge >= 0.3 is 0 Å². The second kappa shape index (κ2) is 8.95. The van der Waals surface area contributed by atoms with Gasteiger partial charge in [0.1, 0.15) is 17.0 Å². The molecule has 1 N–H and O–H groups in total. The second-order valence-electron chi connectivity index (χ2n) is 9.32. The van der Waals surface area contributed by atoms with E-state index in [2.05, 4.69) is 11.4 Å². The third-order valence-corrected chi connectivity index (χ3v) is 6.88. The molecule has 1 atom stereocenters. The number of ether oxygens (including phenoxy) is 1. The fourth-order valence-corrected chi connectivity index (χ4v) is 4.96. The van der Waals surface area contributed by atoms with E-state index >= 15 is 0 Å². The summed E-state index contributed by atoms with van der Waals surface area (Å²) < 4.78 is 7.42. The molecule has 4 aromatic rings. The number of benzene rings is 3. The van der Waals surface area contributed by atoms with Gasteiger partial charge in [0.05, 0.1) is 13.7 Å². The average Bonchev–Trinajstić information content (AvgIpc) is 3.23. The first-order valence-electron chi connectivity index (χ1n) is 11.8. The highest BCUT2D eigenvalue weighted by atomic mass is 16.5. The minimum Gasteiger partial charge on any atom is -0.496 e. The predicted octanol–water partition coefficient (Wildman–Crippen LogP) is 4.69. The first kappa shape index (κ1) is 22.7. The number of aromatic nitrogens is 1. The van der Waals surface area contributed by atoms with Crippen molar-refractivity contribution in [3.05, 3.63) is 101 Å². The van der Waals surface area contributed by atoms with Crippen molar-refractivity contribution in [2.24, 2.45) is 0 Å². The molecule has 6 heteroatoms. The lowest BCUT2D eigenvalue weighted by molar-refractivity contribution is -0.133. The third kappa shape index (κ3) is 4.05. The number of hydrogen-bond acceptors (Lipinski definition) is 3. The Balaban J connectivity index is 1.53. The van der Waals surface area contributed by atoms with Crippen LogP contribution in [0.5, 0.6) is 5.75 Å². The fourth-order valence-electron chi connectivity index (χ4n) is 4.96. The maximum Gasteiger partial charge on any atom is 0.271 e. The van der Waals surface area contributed by atoms with Crippen molar-refractivity contribution in [3.8, 4) is 5.75 Å². The molecule has 0 bridgehead atoms. The Morgan fingerprint density at radius 2 is 1.80 bits per heavy atom. The molecule has 6 nitrogen and oxygen atoms in total. The van der Waals surface area contributed by atoms with E-state index in [1.54, 1.807) is 12.0 Å². The highest BCUT2D eigenvalue weighted by molar-refractivity contribution is 6.03. The Labute approximate surface area is 205 Å². The van der Waals surface area contributed by atoms with Crippen molar-refractivity contribution >= 4 is 22.7 Å². The van der Waals surface area contributed by atoms with Crippen LogP contribution < -0.4 is 10.1 Å². The number of methoxy groups -OCH3 is 1. The Morgan fingerprint density at radius 1 is 1.03 bits per heavy atom. The van der Waals surface area contributed by atoms with Gasteiger partial charge in [-0.2, -0.15) is 0 Å². The van der Waals surface area contributed by atoms with Crippen LogP contribution in [0.3, 0.4) is 0 Å². The van der Waals surface area contributed by atoms with E-state index < -0.39 is 5.54 Å². The van der Waals surface area contributed by atoms with Gasteiger partial charge in [-0.3, -0.25) is 9.59 Å². The van der Waals surface area contributed by atoms with Crippen LogP contribution in [-0.4, -0.2) is 33.9 Å². The molecule has 178 valence electrons. The normalized spacial score (nSPS) is 17.3. The molecule has 0 unspecified atom stereocenters. The lowest BCUT2D eigenvalue weighted by Gasteiger charge is -2.44. The van der Waals surface area contributed by atoms with E-state index in [1.807, 2.05) is 91.2 Å². The molecule has 0 radical (unpaired) electrons. The third-order valence-electron chi connectivity index (χ3n) is 6.88. The van der Waals surface area contributed by atoms with E-state index in [0.29, 0.717) is 31.1 Å². The van der Waals surface area contributed by atoms with E-state index in [4.69, 9.17) is 4.74 Å². The van der Waals surface area contributed by atoms with Crippen LogP contribution >= 0.6 is 0 Å². The SMILES string of the molecule is COc1ccccc1CNC(=O)[C@@]1(C)Cn2c(cc3ccccc32)C(=O)N1Cc1cccc(C)c1. The van der Waals surface area contributed by atoms with Gasteiger partial charge in [0, 0.05) is 29.6 Å². The quantitative estimate of drug-likeness (QED) is 0.448. The second-order valence-corrected chi connectivity index (χ2v) is 9.32. The number of amides is 2. The molecule has 0 spiro atoms. The Hall–Kier alpha value is -4.06. The van der Waals surface area contributed by atoms with Crippen molar-refractivity contribution in [2.45, 2.75) is 39.0 Å². The zero-order valence-corrected chi connectivity index (χ0v) is 20.2. The highest BCUT2D eigenvalue weighted by Crippen LogP contribution is 2.33. The number of fused-ring (bicyclic) bond motifs is 3. The fraction of sp³-hybridized carbons (Fsp3) is 0.241. The van der Waals surface area contributed by atoms with Crippen LogP contribution in [0.1, 0.15) is 34.1 Å². The molecule has 0 aliphatic carbocycles. The topological polar surface area (TPSA) is 63.6 Å². The number of nitrogens with zero attached hydrogens (tertiary/aromatic N) is 2. The van der Waals surface area contributed by atoms with Gasteiger partial charge in [0.25, 0.3) is 5.91 Å². The van der Waals surface area contributed by atoms with Gasteiger partial charge in [0.15, 0.2) is 0 Å². The molecule has 2 heterocycles. The monoisotopic (exact) mass is 467 g/mol. The lowest BCUT2D eigenvalue weighted by Crippen LogP contribution is -2.63. The largest absolute Gasteiger partial charge is 0.496 e. The minimum absolute atomic E-state index is 0.149. The van der Waals surface area contributed by atoms with E-state index in [1.165, 1.54) is 0 Å². The number of aryl methyl sites for hydroxylation is 1. The van der Waals surface area contributed by atoms with Gasteiger partial charge in [0.2, 0.25) is 5.91 Å². The van der Waals surface area contributed by atoms with Crippen molar-refractivity contribution in [1.29, 1.82) is 0 Å². The Morgan fingerprint density at radius 3 is 2.60 bits per heavy atom. The van der Waals surface area contributed by atoms with Crippen LogP contribution in [0, 0.1) is 6.92 Å². The van der Waals surface area contributed by atoms with Gasteiger partial charge < -0.3 is 19.5 Å². The summed E-state index contributed by atoms with van der Waals surface area (Å²) in [5.41, 5.74) is 3.46. The summed E-state index contributed by atoms with van der Waals surface area (Å²) >= 11 is 0. The highest BCUT2D eigenvalue weighted by Gasteiger charge is 2.47. The number of carbonyl (C=O) groups is 2. The predicted molar refractivity (Wildman–Crippen MR) is 136 cm³/mol. The Bertz CT molecular complexity index is 1420. The molecule has 3 aromatic carbocycles. The number of nitrogens with one attached hydrogen (secondary N) is 1. The van der Waals surface area contributed by atoms with Crippen molar-refractivity contribution in [3.63, 3.8) is 0 Å². The zero-order chi connectivity index (χ0) is 24.6. The molecule has 2 amide bonds. The number of hydrogen-bond donors (Lipinski definition) is 1. The maximum atomic E-state index is 13.9. The van der Waals surface area contributed by atoms with E-state index in [0.717, 1.165) is 27.6 Å². The summed E-state index contributed by atoms with van der Waals surface area (Å²) in [4.78, 5) is 29.4. The van der Waals surface area contributed by atoms with Gasteiger partial charge in [-0.15, -0.1) is 0 Å². The van der Waals surface area contributed by atoms with Gasteiger partial charge in [-0.05, 0) is 37.6 Å². The molecule has 1 aliphatic heterocycles. The molecular formula is C29H29N3O3. The van der Waals surface area contributed by atoms with Crippen LogP contribution in [0.15, 0.2) is 78.9 Å². The van der Waals surface area contributed by atoms with Crippen LogP contribution in [-0.2, 0) is 24.4 Å². The summed E-state index contributed by atoms with van der Waals surface area (Å²) in [6.45, 7) is 4.91. The summed E-state index contributed by atoms with van der Waals surface area (Å²) in [6.07, 6.45) is 0. The van der Waals surface area contributed by atoms with Crippen LogP contribution in [0.2, 0.25) is 0 Å². The van der Waals surface area contributed by atoms with E-state index in [9.17, 15) is 9.59 Å². The standard InChI is InChI=1S/C29H29N3O3/c1-20-9-8-10-21(15-20)18-32-27(33)25-16-22-11-4-6-13-24(22)31(25)19-29(32,2)28(34)30-17-23-12-5-7-14-26(23)35-3/h4-16H,17-19H2,1-3H3,(H,30,34)/t29-/m1/s1. The molecular weight excluding hydrogens is 438 g/mol. The van der Waals surface area contributed by atoms with E-state index in [-0.39, 0.29) is 11.8 Å². The molecule has 1 aromatic heterocycles. The summed E-state index contributed by atoms with van der Waals surface area (Å²) in [7, 11) is 1.62. The van der Waals surface area contributed by atoms with Crippen molar-refractivity contribution in [1.82, 2.24) is 14.8 Å². The van der Waals surface area contributed by atoms with Crippen LogP contribution in [0.25, 0.3) is 10.9 Å². The lowest BCUT2D eigenvalue weighted by atomic mass is 9.93. The number of rotatable bonds is 6. The molecule has 5 rings (SSSR count). The van der Waals surface area contributed by atoms with Crippen LogP contribution in [0.4, 0.5) is 0 Å². The van der Waals surface area contributed by atoms with Crippen molar-refractivity contribution < 1.29 is 14.3 Å².